The standard InChI is InChI=1S/C20H24N2O4S/c1-2-26-18-10-8-17(9-11-18)21-20(23)16-12-14-22(15-13-16)27(24,25)19-6-4-3-5-7-19/h3-11,16H,2,12-15H2,1H3,(H,21,23). The highest BCUT2D eigenvalue weighted by molar-refractivity contribution is 7.89. The third-order valence-corrected chi connectivity index (χ3v) is 6.55. The maximum atomic E-state index is 12.7. The fourth-order valence-electron chi connectivity index (χ4n) is 3.15. The van der Waals surface area contributed by atoms with Crippen LogP contribution in [0.15, 0.2) is 59.5 Å². The first-order chi connectivity index (χ1) is 13.0. The molecule has 2 aromatic rings. The van der Waals surface area contributed by atoms with Crippen molar-refractivity contribution < 1.29 is 17.9 Å². The summed E-state index contributed by atoms with van der Waals surface area (Å²) in [7, 11) is -3.49. The first-order valence-electron chi connectivity index (χ1n) is 9.09. The van der Waals surface area contributed by atoms with Gasteiger partial charge in [-0.15, -0.1) is 0 Å². The Morgan fingerprint density at radius 3 is 2.30 bits per heavy atom. The van der Waals surface area contributed by atoms with Crippen molar-refractivity contribution in [1.82, 2.24) is 4.31 Å². The summed E-state index contributed by atoms with van der Waals surface area (Å²) in [5.74, 6) is 0.490. The van der Waals surface area contributed by atoms with E-state index < -0.39 is 10.0 Å². The Morgan fingerprint density at radius 1 is 1.07 bits per heavy atom. The van der Waals surface area contributed by atoms with E-state index in [4.69, 9.17) is 4.74 Å². The second-order valence-corrected chi connectivity index (χ2v) is 8.38. The van der Waals surface area contributed by atoms with Gasteiger partial charge in [0.05, 0.1) is 11.5 Å². The van der Waals surface area contributed by atoms with Crippen LogP contribution in [-0.4, -0.2) is 38.3 Å². The maximum Gasteiger partial charge on any atom is 0.243 e. The van der Waals surface area contributed by atoms with Gasteiger partial charge >= 0.3 is 0 Å². The Kier molecular flexibility index (Phi) is 6.13. The van der Waals surface area contributed by atoms with Crippen LogP contribution in [0.25, 0.3) is 0 Å². The highest BCUT2D eigenvalue weighted by atomic mass is 32.2. The summed E-state index contributed by atoms with van der Waals surface area (Å²) in [5, 5.41) is 2.90. The highest BCUT2D eigenvalue weighted by Crippen LogP contribution is 2.25. The van der Waals surface area contributed by atoms with Gasteiger partial charge in [-0.2, -0.15) is 4.31 Å². The molecule has 2 aromatic carbocycles. The van der Waals surface area contributed by atoms with E-state index in [1.807, 2.05) is 19.1 Å². The van der Waals surface area contributed by atoms with Gasteiger partial charge in [0, 0.05) is 24.7 Å². The number of ether oxygens (including phenoxy) is 1. The maximum absolute atomic E-state index is 12.7. The molecule has 27 heavy (non-hydrogen) atoms. The predicted octanol–water partition coefficient (Wildman–Crippen LogP) is 3.12. The summed E-state index contributed by atoms with van der Waals surface area (Å²) in [6, 6.07) is 15.6. The lowest BCUT2D eigenvalue weighted by molar-refractivity contribution is -0.120. The summed E-state index contributed by atoms with van der Waals surface area (Å²) in [4.78, 5) is 12.8. The van der Waals surface area contributed by atoms with Crippen LogP contribution in [0.2, 0.25) is 0 Å². The quantitative estimate of drug-likeness (QED) is 0.825. The van der Waals surface area contributed by atoms with Gasteiger partial charge in [-0.3, -0.25) is 4.79 Å². The lowest BCUT2D eigenvalue weighted by Gasteiger charge is -2.30. The van der Waals surface area contributed by atoms with Gasteiger partial charge in [-0.1, -0.05) is 18.2 Å². The molecule has 0 aromatic heterocycles. The first kappa shape index (κ1) is 19.4. The number of benzene rings is 2. The zero-order valence-electron chi connectivity index (χ0n) is 15.3. The van der Waals surface area contributed by atoms with Crippen LogP contribution < -0.4 is 10.1 Å². The van der Waals surface area contributed by atoms with Gasteiger partial charge in [0.1, 0.15) is 5.75 Å². The van der Waals surface area contributed by atoms with E-state index >= 15 is 0 Å². The molecule has 0 atom stereocenters. The number of sulfonamides is 1. The molecule has 0 radical (unpaired) electrons. The largest absolute Gasteiger partial charge is 0.494 e. The molecule has 144 valence electrons. The highest BCUT2D eigenvalue weighted by Gasteiger charge is 2.32. The minimum absolute atomic E-state index is 0.0732. The zero-order valence-corrected chi connectivity index (χ0v) is 16.1. The molecule has 1 aliphatic heterocycles. The lowest BCUT2D eigenvalue weighted by atomic mass is 9.97. The van der Waals surface area contributed by atoms with Crippen molar-refractivity contribution in [2.45, 2.75) is 24.7 Å². The molecular formula is C20H24N2O4S. The summed E-state index contributed by atoms with van der Waals surface area (Å²) >= 11 is 0. The average molecular weight is 388 g/mol. The Labute approximate surface area is 160 Å². The third-order valence-electron chi connectivity index (χ3n) is 4.64. The van der Waals surface area contributed by atoms with Gasteiger partial charge in [-0.25, -0.2) is 8.42 Å². The number of hydrogen-bond acceptors (Lipinski definition) is 4. The van der Waals surface area contributed by atoms with E-state index in [2.05, 4.69) is 5.32 Å². The van der Waals surface area contributed by atoms with Crippen LogP contribution in [0.1, 0.15) is 19.8 Å². The molecule has 1 fully saturated rings. The Bertz CT molecular complexity index is 859. The molecule has 0 aliphatic carbocycles. The van der Waals surface area contributed by atoms with Crippen molar-refractivity contribution in [3.05, 3.63) is 54.6 Å². The molecule has 1 saturated heterocycles. The van der Waals surface area contributed by atoms with Crippen LogP contribution >= 0.6 is 0 Å². The predicted molar refractivity (Wildman–Crippen MR) is 104 cm³/mol. The van der Waals surface area contributed by atoms with Crippen molar-refractivity contribution >= 4 is 21.6 Å². The van der Waals surface area contributed by atoms with Crippen LogP contribution in [-0.2, 0) is 14.8 Å². The Hall–Kier alpha value is -2.38. The number of hydrogen-bond donors (Lipinski definition) is 1. The van der Waals surface area contributed by atoms with Gasteiger partial charge in [-0.05, 0) is 56.2 Å². The summed E-state index contributed by atoms with van der Waals surface area (Å²) in [6.07, 6.45) is 1.02. The molecule has 1 aliphatic rings. The molecule has 0 saturated carbocycles. The van der Waals surface area contributed by atoms with Gasteiger partial charge < -0.3 is 10.1 Å². The minimum atomic E-state index is -3.49. The van der Waals surface area contributed by atoms with E-state index in [0.717, 1.165) is 5.75 Å². The van der Waals surface area contributed by atoms with Crippen molar-refractivity contribution in [2.75, 3.05) is 25.0 Å². The van der Waals surface area contributed by atoms with Gasteiger partial charge in [0.2, 0.25) is 15.9 Å². The average Bonchev–Trinajstić information content (AvgIpc) is 2.70. The molecule has 3 rings (SSSR count). The van der Waals surface area contributed by atoms with E-state index in [0.29, 0.717) is 43.1 Å². The number of nitrogens with zero attached hydrogens (tertiary/aromatic N) is 1. The van der Waals surface area contributed by atoms with Crippen molar-refractivity contribution in [1.29, 1.82) is 0 Å². The fourth-order valence-corrected chi connectivity index (χ4v) is 4.64. The number of carbonyl (C=O) groups is 1. The van der Waals surface area contributed by atoms with Gasteiger partial charge in [0.15, 0.2) is 0 Å². The normalized spacial score (nSPS) is 16.0. The molecule has 7 heteroatoms. The number of anilines is 1. The lowest BCUT2D eigenvalue weighted by Crippen LogP contribution is -2.41. The monoisotopic (exact) mass is 388 g/mol. The molecule has 6 nitrogen and oxygen atoms in total. The van der Waals surface area contributed by atoms with Gasteiger partial charge in [0.25, 0.3) is 0 Å². The molecule has 0 bridgehead atoms. The Balaban J connectivity index is 1.56. The van der Waals surface area contributed by atoms with Crippen LogP contribution in [0.4, 0.5) is 5.69 Å². The molecule has 1 amide bonds. The molecule has 0 spiro atoms. The number of rotatable bonds is 6. The second kappa shape index (κ2) is 8.54. The minimum Gasteiger partial charge on any atom is -0.494 e. The smallest absolute Gasteiger partial charge is 0.243 e. The van der Waals surface area contributed by atoms with Crippen molar-refractivity contribution in [3.8, 4) is 5.75 Å². The molecular weight excluding hydrogens is 364 g/mol. The molecule has 0 unspecified atom stereocenters. The summed E-state index contributed by atoms with van der Waals surface area (Å²) in [6.45, 7) is 3.20. The third kappa shape index (κ3) is 4.67. The fraction of sp³-hybridized carbons (Fsp3) is 0.350. The summed E-state index contributed by atoms with van der Waals surface area (Å²) in [5.41, 5.74) is 0.711. The number of amides is 1. The van der Waals surface area contributed by atoms with Crippen molar-refractivity contribution in [3.63, 3.8) is 0 Å². The van der Waals surface area contributed by atoms with E-state index in [1.165, 1.54) is 4.31 Å². The first-order valence-corrected chi connectivity index (χ1v) is 10.5. The Morgan fingerprint density at radius 2 is 1.70 bits per heavy atom. The molecule has 1 heterocycles. The van der Waals surface area contributed by atoms with E-state index in [9.17, 15) is 13.2 Å². The molecule has 1 N–H and O–H groups in total. The summed E-state index contributed by atoms with van der Waals surface area (Å²) < 4.78 is 32.2. The number of nitrogens with one attached hydrogen (secondary N) is 1. The topological polar surface area (TPSA) is 75.7 Å². The number of carbonyl (C=O) groups excluding carboxylic acids is 1. The van der Waals surface area contributed by atoms with E-state index in [1.54, 1.807) is 42.5 Å². The number of piperidine rings is 1. The van der Waals surface area contributed by atoms with Crippen LogP contribution in [0, 0.1) is 5.92 Å². The van der Waals surface area contributed by atoms with E-state index in [-0.39, 0.29) is 11.8 Å². The van der Waals surface area contributed by atoms with Crippen molar-refractivity contribution in [2.24, 2.45) is 5.92 Å². The zero-order chi connectivity index (χ0) is 19.3. The van der Waals surface area contributed by atoms with Crippen LogP contribution in [0.5, 0.6) is 5.75 Å². The van der Waals surface area contributed by atoms with Crippen LogP contribution in [0.3, 0.4) is 0 Å². The second-order valence-electron chi connectivity index (χ2n) is 6.44. The SMILES string of the molecule is CCOc1ccc(NC(=O)C2CCN(S(=O)(=O)c3ccccc3)CC2)cc1.